The van der Waals surface area contributed by atoms with Gasteiger partial charge in [0.05, 0.1) is 17.9 Å². The van der Waals surface area contributed by atoms with E-state index in [1.54, 1.807) is 32.6 Å². The zero-order valence-electron chi connectivity index (χ0n) is 11.5. The molecule has 0 bridgehead atoms. The van der Waals surface area contributed by atoms with Crippen molar-refractivity contribution in [3.8, 4) is 0 Å². The van der Waals surface area contributed by atoms with Crippen molar-refractivity contribution < 1.29 is 8.42 Å². The normalized spacial score (nSPS) is 12.3. The minimum Gasteiger partial charge on any atom is -0.318 e. The van der Waals surface area contributed by atoms with Crippen molar-refractivity contribution in [2.45, 2.75) is 25.3 Å². The largest absolute Gasteiger partial charge is 0.318 e. The van der Waals surface area contributed by atoms with Gasteiger partial charge in [0, 0.05) is 20.6 Å². The number of rotatable bonds is 6. The SMILES string of the molecule is CNCCn1nc(C)c(S(=O)(=O)NN(C)C)c1C. The summed E-state index contributed by atoms with van der Waals surface area (Å²) >= 11 is 0. The third-order valence-electron chi connectivity index (χ3n) is 2.46. The van der Waals surface area contributed by atoms with Crippen molar-refractivity contribution in [2.75, 3.05) is 27.7 Å². The number of aryl methyl sites for hydroxylation is 1. The van der Waals surface area contributed by atoms with Gasteiger partial charge in [0.2, 0.25) is 0 Å². The van der Waals surface area contributed by atoms with Gasteiger partial charge in [-0.25, -0.2) is 13.4 Å². The lowest BCUT2D eigenvalue weighted by Gasteiger charge is -2.12. The van der Waals surface area contributed by atoms with E-state index >= 15 is 0 Å². The summed E-state index contributed by atoms with van der Waals surface area (Å²) < 4.78 is 26.0. The molecule has 0 unspecified atom stereocenters. The predicted molar refractivity (Wildman–Crippen MR) is 69.6 cm³/mol. The number of hydrogen-bond acceptors (Lipinski definition) is 5. The molecule has 0 amide bonds. The Balaban J connectivity index is 3.13. The molecule has 1 aromatic heterocycles. The van der Waals surface area contributed by atoms with Crippen molar-refractivity contribution in [3.63, 3.8) is 0 Å². The van der Waals surface area contributed by atoms with Crippen LogP contribution in [-0.2, 0) is 16.6 Å². The summed E-state index contributed by atoms with van der Waals surface area (Å²) in [5, 5.41) is 8.67. The van der Waals surface area contributed by atoms with Crippen molar-refractivity contribution in [1.82, 2.24) is 24.9 Å². The zero-order valence-corrected chi connectivity index (χ0v) is 12.3. The van der Waals surface area contributed by atoms with Crippen LogP contribution in [0.25, 0.3) is 0 Å². The van der Waals surface area contributed by atoms with Crippen LogP contribution in [-0.4, -0.2) is 50.9 Å². The van der Waals surface area contributed by atoms with E-state index in [-0.39, 0.29) is 4.90 Å². The van der Waals surface area contributed by atoms with Crippen LogP contribution in [0, 0.1) is 13.8 Å². The Morgan fingerprint density at radius 2 is 1.94 bits per heavy atom. The van der Waals surface area contributed by atoms with Crippen molar-refractivity contribution in [2.24, 2.45) is 0 Å². The van der Waals surface area contributed by atoms with Crippen LogP contribution in [0.5, 0.6) is 0 Å². The first kappa shape index (κ1) is 15.1. The van der Waals surface area contributed by atoms with E-state index in [0.717, 1.165) is 6.54 Å². The number of likely N-dealkylation sites (N-methyl/N-ethyl adjacent to an activating group) is 1. The molecule has 0 saturated carbocycles. The second-order valence-electron chi connectivity index (χ2n) is 4.32. The first-order chi connectivity index (χ1) is 8.29. The summed E-state index contributed by atoms with van der Waals surface area (Å²) in [4.78, 5) is 2.68. The fraction of sp³-hybridized carbons (Fsp3) is 0.700. The molecule has 0 aromatic carbocycles. The van der Waals surface area contributed by atoms with Gasteiger partial charge >= 0.3 is 0 Å². The molecule has 0 atom stereocenters. The van der Waals surface area contributed by atoms with Gasteiger partial charge in [0.1, 0.15) is 4.90 Å². The Hall–Kier alpha value is -0.960. The molecule has 1 heterocycles. The van der Waals surface area contributed by atoms with Gasteiger partial charge in [-0.3, -0.25) is 4.68 Å². The van der Waals surface area contributed by atoms with E-state index in [1.807, 2.05) is 7.05 Å². The Bertz CT molecular complexity index is 507. The van der Waals surface area contributed by atoms with Gasteiger partial charge in [-0.1, -0.05) is 0 Å². The lowest BCUT2D eigenvalue weighted by molar-refractivity contribution is 0.363. The lowest BCUT2D eigenvalue weighted by atomic mass is 10.4. The molecule has 0 aliphatic carbocycles. The summed E-state index contributed by atoms with van der Waals surface area (Å²) in [6, 6.07) is 0. The summed E-state index contributed by atoms with van der Waals surface area (Å²) in [5.41, 5.74) is 1.16. The second kappa shape index (κ2) is 5.79. The van der Waals surface area contributed by atoms with Crippen LogP contribution in [0.15, 0.2) is 4.90 Å². The van der Waals surface area contributed by atoms with Crippen molar-refractivity contribution >= 4 is 10.0 Å². The molecule has 1 rings (SSSR count). The molecule has 0 radical (unpaired) electrons. The molecule has 7 nitrogen and oxygen atoms in total. The quantitative estimate of drug-likeness (QED) is 0.683. The van der Waals surface area contributed by atoms with E-state index in [4.69, 9.17) is 0 Å². The van der Waals surface area contributed by atoms with Crippen LogP contribution in [0.3, 0.4) is 0 Å². The molecule has 0 aliphatic heterocycles. The van der Waals surface area contributed by atoms with Crippen LogP contribution in [0.1, 0.15) is 11.4 Å². The topological polar surface area (TPSA) is 79.3 Å². The molecule has 104 valence electrons. The fourth-order valence-electron chi connectivity index (χ4n) is 1.79. The molecule has 1 aromatic rings. The van der Waals surface area contributed by atoms with E-state index in [9.17, 15) is 8.42 Å². The van der Waals surface area contributed by atoms with Gasteiger partial charge < -0.3 is 5.32 Å². The summed E-state index contributed by atoms with van der Waals surface area (Å²) in [6.45, 7) is 4.84. The highest BCUT2D eigenvalue weighted by Crippen LogP contribution is 2.18. The molecule has 18 heavy (non-hydrogen) atoms. The zero-order chi connectivity index (χ0) is 13.9. The Kier molecular flexibility index (Phi) is 4.85. The van der Waals surface area contributed by atoms with Gasteiger partial charge in [-0.05, 0) is 20.9 Å². The maximum Gasteiger partial charge on any atom is 0.257 e. The maximum absolute atomic E-state index is 12.1. The maximum atomic E-state index is 12.1. The smallest absolute Gasteiger partial charge is 0.257 e. The van der Waals surface area contributed by atoms with Gasteiger partial charge in [0.25, 0.3) is 10.0 Å². The van der Waals surface area contributed by atoms with E-state index < -0.39 is 10.0 Å². The number of hydrogen-bond donors (Lipinski definition) is 2. The van der Waals surface area contributed by atoms with Crippen LogP contribution in [0.2, 0.25) is 0 Å². The molecular weight excluding hydrogens is 254 g/mol. The molecule has 0 saturated heterocycles. The minimum atomic E-state index is -3.55. The van der Waals surface area contributed by atoms with Gasteiger partial charge in [0.15, 0.2) is 0 Å². The second-order valence-corrected chi connectivity index (χ2v) is 5.91. The molecule has 0 aliphatic rings. The molecule has 8 heteroatoms. The van der Waals surface area contributed by atoms with Crippen LogP contribution in [0.4, 0.5) is 0 Å². The number of nitrogens with zero attached hydrogens (tertiary/aromatic N) is 3. The molecular formula is C10H21N5O2S. The Morgan fingerprint density at radius 3 is 2.44 bits per heavy atom. The standard InChI is InChI=1S/C10H21N5O2S/c1-8-10(18(16,17)13-14(4)5)9(2)15(12-8)7-6-11-3/h11,13H,6-7H2,1-5H3. The average molecular weight is 275 g/mol. The van der Waals surface area contributed by atoms with Gasteiger partial charge in [-0.2, -0.15) is 5.10 Å². The van der Waals surface area contributed by atoms with Crippen LogP contribution < -0.4 is 10.1 Å². The Labute approximate surface area is 108 Å². The minimum absolute atomic E-state index is 0.257. The third-order valence-corrected chi connectivity index (χ3v) is 4.19. The van der Waals surface area contributed by atoms with E-state index in [1.165, 1.54) is 5.01 Å². The monoisotopic (exact) mass is 275 g/mol. The van der Waals surface area contributed by atoms with Crippen molar-refractivity contribution in [3.05, 3.63) is 11.4 Å². The number of nitrogens with one attached hydrogen (secondary N) is 2. The predicted octanol–water partition coefficient (Wildman–Crippen LogP) is -0.526. The highest BCUT2D eigenvalue weighted by molar-refractivity contribution is 7.89. The summed E-state index contributed by atoms with van der Waals surface area (Å²) in [7, 11) is 1.56. The highest BCUT2D eigenvalue weighted by atomic mass is 32.2. The fourth-order valence-corrected chi connectivity index (χ4v) is 3.29. The molecule has 2 N–H and O–H groups in total. The number of aromatic nitrogens is 2. The number of sulfonamides is 1. The van der Waals surface area contributed by atoms with E-state index in [0.29, 0.717) is 17.9 Å². The van der Waals surface area contributed by atoms with Crippen molar-refractivity contribution in [1.29, 1.82) is 0 Å². The molecule has 0 fully saturated rings. The first-order valence-electron chi connectivity index (χ1n) is 5.68. The average Bonchev–Trinajstić information content (AvgIpc) is 2.49. The van der Waals surface area contributed by atoms with Crippen LogP contribution >= 0.6 is 0 Å². The Morgan fingerprint density at radius 1 is 1.33 bits per heavy atom. The summed E-state index contributed by atoms with van der Waals surface area (Å²) in [6.07, 6.45) is 0. The molecule has 0 spiro atoms. The van der Waals surface area contributed by atoms with Gasteiger partial charge in [-0.15, -0.1) is 4.83 Å². The first-order valence-corrected chi connectivity index (χ1v) is 7.16. The number of hydrazine groups is 1. The highest BCUT2D eigenvalue weighted by Gasteiger charge is 2.24. The lowest BCUT2D eigenvalue weighted by Crippen LogP contribution is -2.36. The summed E-state index contributed by atoms with van der Waals surface area (Å²) in [5.74, 6) is 0. The third kappa shape index (κ3) is 3.29. The van der Waals surface area contributed by atoms with E-state index in [2.05, 4.69) is 15.2 Å².